The molecule has 106 valence electrons. The summed E-state index contributed by atoms with van der Waals surface area (Å²) >= 11 is 0. The second kappa shape index (κ2) is 5.28. The highest BCUT2D eigenvalue weighted by Gasteiger charge is 2.08. The van der Waals surface area contributed by atoms with Gasteiger partial charge in [0.25, 0.3) is 0 Å². The lowest BCUT2D eigenvalue weighted by atomic mass is 10.2. The van der Waals surface area contributed by atoms with Crippen molar-refractivity contribution >= 4 is 33.8 Å². The van der Waals surface area contributed by atoms with E-state index in [-0.39, 0.29) is 0 Å². The predicted molar refractivity (Wildman–Crippen MR) is 88.0 cm³/mol. The van der Waals surface area contributed by atoms with Gasteiger partial charge >= 0.3 is 0 Å². The van der Waals surface area contributed by atoms with E-state index in [2.05, 4.69) is 26.3 Å². The number of anilines is 4. The Kier molecular flexibility index (Phi) is 3.31. The SMILES string of the molecule is CN(C)c1ccccc1Nc1ncnc2cc(N)ccc12. The van der Waals surface area contributed by atoms with Gasteiger partial charge in [0.15, 0.2) is 0 Å². The first-order chi connectivity index (χ1) is 10.1. The van der Waals surface area contributed by atoms with Crippen LogP contribution in [-0.4, -0.2) is 24.1 Å². The summed E-state index contributed by atoms with van der Waals surface area (Å²) < 4.78 is 0. The summed E-state index contributed by atoms with van der Waals surface area (Å²) in [6, 6.07) is 13.7. The first-order valence-corrected chi connectivity index (χ1v) is 6.69. The van der Waals surface area contributed by atoms with Crippen LogP contribution in [0.5, 0.6) is 0 Å². The van der Waals surface area contributed by atoms with Crippen LogP contribution >= 0.6 is 0 Å². The van der Waals surface area contributed by atoms with Crippen molar-refractivity contribution in [2.75, 3.05) is 30.0 Å². The lowest BCUT2D eigenvalue weighted by molar-refractivity contribution is 1.13. The van der Waals surface area contributed by atoms with Crippen molar-refractivity contribution in [2.24, 2.45) is 0 Å². The Morgan fingerprint density at radius 1 is 1.05 bits per heavy atom. The molecule has 2 aromatic carbocycles. The number of nitrogen functional groups attached to an aromatic ring is 1. The highest BCUT2D eigenvalue weighted by molar-refractivity contribution is 5.93. The van der Waals surface area contributed by atoms with Gasteiger partial charge in [-0.25, -0.2) is 9.97 Å². The van der Waals surface area contributed by atoms with E-state index in [1.54, 1.807) is 6.33 Å². The van der Waals surface area contributed by atoms with Crippen molar-refractivity contribution in [1.29, 1.82) is 0 Å². The third-order valence-corrected chi connectivity index (χ3v) is 3.30. The third kappa shape index (κ3) is 2.58. The van der Waals surface area contributed by atoms with Gasteiger partial charge in [-0.2, -0.15) is 0 Å². The van der Waals surface area contributed by atoms with E-state index in [9.17, 15) is 0 Å². The number of hydrogen-bond donors (Lipinski definition) is 2. The van der Waals surface area contributed by atoms with Gasteiger partial charge in [-0.1, -0.05) is 12.1 Å². The molecule has 5 heteroatoms. The van der Waals surface area contributed by atoms with Gasteiger partial charge in [0, 0.05) is 25.2 Å². The topological polar surface area (TPSA) is 67.1 Å². The predicted octanol–water partition coefficient (Wildman–Crippen LogP) is 3.02. The zero-order valence-corrected chi connectivity index (χ0v) is 12.0. The molecule has 0 radical (unpaired) electrons. The summed E-state index contributed by atoms with van der Waals surface area (Å²) in [5.74, 6) is 0.773. The molecular weight excluding hydrogens is 262 g/mol. The molecule has 0 amide bonds. The lowest BCUT2D eigenvalue weighted by Crippen LogP contribution is -2.11. The standard InChI is InChI=1S/C16H17N5/c1-21(2)15-6-4-3-5-13(15)20-16-12-8-7-11(17)9-14(12)18-10-19-16/h3-10H,17H2,1-2H3,(H,18,19,20). The average molecular weight is 279 g/mol. The number of rotatable bonds is 3. The summed E-state index contributed by atoms with van der Waals surface area (Å²) in [5.41, 5.74) is 9.42. The molecule has 0 saturated carbocycles. The second-order valence-electron chi connectivity index (χ2n) is 5.04. The second-order valence-corrected chi connectivity index (χ2v) is 5.04. The number of nitrogens with two attached hydrogens (primary N) is 1. The van der Waals surface area contributed by atoms with Crippen molar-refractivity contribution in [2.45, 2.75) is 0 Å². The number of nitrogens with one attached hydrogen (secondary N) is 1. The van der Waals surface area contributed by atoms with Crippen molar-refractivity contribution in [1.82, 2.24) is 9.97 Å². The third-order valence-electron chi connectivity index (χ3n) is 3.30. The van der Waals surface area contributed by atoms with Crippen LogP contribution in [0.15, 0.2) is 48.8 Å². The van der Waals surface area contributed by atoms with E-state index in [4.69, 9.17) is 5.73 Å². The molecule has 0 saturated heterocycles. The van der Waals surface area contributed by atoms with Gasteiger partial charge in [0.05, 0.1) is 16.9 Å². The van der Waals surface area contributed by atoms with Crippen LogP contribution in [0.2, 0.25) is 0 Å². The van der Waals surface area contributed by atoms with E-state index in [0.717, 1.165) is 28.1 Å². The summed E-state index contributed by atoms with van der Waals surface area (Å²) in [6.45, 7) is 0. The molecule has 0 fully saturated rings. The maximum Gasteiger partial charge on any atom is 0.141 e. The Hall–Kier alpha value is -2.82. The fourth-order valence-corrected chi connectivity index (χ4v) is 2.27. The van der Waals surface area contributed by atoms with Crippen molar-refractivity contribution in [3.63, 3.8) is 0 Å². The maximum absolute atomic E-state index is 5.80. The molecule has 0 aliphatic carbocycles. The number of para-hydroxylation sites is 2. The van der Waals surface area contributed by atoms with Gasteiger partial charge < -0.3 is 16.0 Å². The molecule has 21 heavy (non-hydrogen) atoms. The van der Waals surface area contributed by atoms with Gasteiger partial charge in [-0.15, -0.1) is 0 Å². The molecule has 0 spiro atoms. The molecule has 3 rings (SSSR count). The quantitative estimate of drug-likeness (QED) is 0.721. The number of fused-ring (bicyclic) bond motifs is 1. The highest BCUT2D eigenvalue weighted by Crippen LogP contribution is 2.29. The summed E-state index contributed by atoms with van der Waals surface area (Å²) in [5, 5.41) is 4.33. The van der Waals surface area contributed by atoms with Gasteiger partial charge in [-0.3, -0.25) is 0 Å². The smallest absolute Gasteiger partial charge is 0.141 e. The minimum absolute atomic E-state index is 0.695. The monoisotopic (exact) mass is 279 g/mol. The molecule has 0 aliphatic heterocycles. The van der Waals surface area contributed by atoms with E-state index < -0.39 is 0 Å². The van der Waals surface area contributed by atoms with E-state index in [0.29, 0.717) is 5.69 Å². The van der Waals surface area contributed by atoms with E-state index in [1.165, 1.54) is 0 Å². The zero-order valence-electron chi connectivity index (χ0n) is 12.0. The van der Waals surface area contributed by atoms with Crippen molar-refractivity contribution in [3.05, 3.63) is 48.8 Å². The van der Waals surface area contributed by atoms with Crippen LogP contribution in [-0.2, 0) is 0 Å². The van der Waals surface area contributed by atoms with E-state index >= 15 is 0 Å². The maximum atomic E-state index is 5.80. The van der Waals surface area contributed by atoms with Crippen LogP contribution in [0.4, 0.5) is 22.9 Å². The molecule has 1 heterocycles. The largest absolute Gasteiger partial charge is 0.399 e. The fraction of sp³-hybridized carbons (Fsp3) is 0.125. The number of benzene rings is 2. The minimum Gasteiger partial charge on any atom is -0.399 e. The van der Waals surface area contributed by atoms with Gasteiger partial charge in [-0.05, 0) is 30.3 Å². The first-order valence-electron chi connectivity index (χ1n) is 6.69. The number of nitrogens with zero attached hydrogens (tertiary/aromatic N) is 3. The number of aromatic nitrogens is 2. The van der Waals surface area contributed by atoms with Gasteiger partial charge in [0.1, 0.15) is 12.1 Å². The average Bonchev–Trinajstić information content (AvgIpc) is 2.47. The molecular formula is C16H17N5. The van der Waals surface area contributed by atoms with Crippen molar-refractivity contribution < 1.29 is 0 Å². The molecule has 0 bridgehead atoms. The summed E-state index contributed by atoms with van der Waals surface area (Å²) in [7, 11) is 4.03. The van der Waals surface area contributed by atoms with Crippen LogP contribution in [0.25, 0.3) is 10.9 Å². The normalized spacial score (nSPS) is 10.6. The molecule has 0 unspecified atom stereocenters. The van der Waals surface area contributed by atoms with Crippen LogP contribution in [0.3, 0.4) is 0 Å². The Balaban J connectivity index is 2.07. The summed E-state index contributed by atoms with van der Waals surface area (Å²) in [6.07, 6.45) is 1.54. The Labute approximate surface area is 123 Å². The van der Waals surface area contributed by atoms with Crippen LogP contribution < -0.4 is 16.0 Å². The van der Waals surface area contributed by atoms with E-state index in [1.807, 2.05) is 50.5 Å². The zero-order chi connectivity index (χ0) is 14.8. The molecule has 1 aromatic heterocycles. The summed E-state index contributed by atoms with van der Waals surface area (Å²) in [4.78, 5) is 10.7. The Bertz CT molecular complexity index is 782. The van der Waals surface area contributed by atoms with Crippen LogP contribution in [0, 0.1) is 0 Å². The molecule has 3 N–H and O–H groups in total. The first kappa shape index (κ1) is 13.2. The molecule has 0 aliphatic rings. The van der Waals surface area contributed by atoms with Crippen molar-refractivity contribution in [3.8, 4) is 0 Å². The molecule has 0 atom stereocenters. The Morgan fingerprint density at radius 2 is 1.86 bits per heavy atom. The lowest BCUT2D eigenvalue weighted by Gasteiger charge is -2.18. The highest BCUT2D eigenvalue weighted by atomic mass is 15.1. The van der Waals surface area contributed by atoms with Crippen LogP contribution in [0.1, 0.15) is 0 Å². The fourth-order valence-electron chi connectivity index (χ4n) is 2.27. The number of hydrogen-bond acceptors (Lipinski definition) is 5. The molecule has 3 aromatic rings. The minimum atomic E-state index is 0.695. The molecule has 5 nitrogen and oxygen atoms in total. The Morgan fingerprint density at radius 3 is 2.67 bits per heavy atom. The van der Waals surface area contributed by atoms with Gasteiger partial charge in [0.2, 0.25) is 0 Å².